The summed E-state index contributed by atoms with van der Waals surface area (Å²) < 4.78 is 13.1. The van der Waals surface area contributed by atoms with Crippen LogP contribution >= 0.6 is 0 Å². The zero-order valence-electron chi connectivity index (χ0n) is 17.9. The number of likely N-dealkylation sites (tertiary alicyclic amines) is 1. The summed E-state index contributed by atoms with van der Waals surface area (Å²) in [6.07, 6.45) is 1.33. The minimum absolute atomic E-state index is 0.227. The summed E-state index contributed by atoms with van der Waals surface area (Å²) in [6, 6.07) is 17.3. The van der Waals surface area contributed by atoms with Gasteiger partial charge < -0.3 is 15.7 Å². The average Bonchev–Trinajstić information content (AvgIpc) is 2.78. The number of benzene rings is 2. The molecule has 0 radical (unpaired) electrons. The highest BCUT2D eigenvalue weighted by Gasteiger charge is 2.24. The number of hydrogen-bond donors (Lipinski definition) is 3. The molecule has 5 nitrogen and oxygen atoms in total. The largest absolute Gasteiger partial charge is 0.386 e. The maximum absolute atomic E-state index is 13.1. The third kappa shape index (κ3) is 6.28. The molecule has 1 aliphatic heterocycles. The molecule has 0 spiro atoms. The highest BCUT2D eigenvalue weighted by molar-refractivity contribution is 5.80. The van der Waals surface area contributed by atoms with Crippen molar-refractivity contribution >= 4 is 5.96 Å². The van der Waals surface area contributed by atoms with E-state index in [1.165, 1.54) is 17.7 Å². The fourth-order valence-corrected chi connectivity index (χ4v) is 3.85. The molecule has 0 saturated carbocycles. The Balaban J connectivity index is 1.51. The summed E-state index contributed by atoms with van der Waals surface area (Å²) >= 11 is 0. The van der Waals surface area contributed by atoms with E-state index in [9.17, 15) is 9.50 Å². The van der Waals surface area contributed by atoms with E-state index in [4.69, 9.17) is 0 Å². The maximum Gasteiger partial charge on any atom is 0.191 e. The number of rotatable bonds is 7. The number of guanidine groups is 1. The van der Waals surface area contributed by atoms with Gasteiger partial charge in [-0.3, -0.25) is 9.89 Å². The number of aliphatic imine (C=N–C) groups is 1. The number of nitrogens with zero attached hydrogens (tertiary/aromatic N) is 2. The standard InChI is InChI=1S/C24H33FN4O/c1-3-26-24(27-17-23(30)20-9-11-21(25)12-10-20)28-22-13-15-29(16-14-22)18(2)19-7-5-4-6-8-19/h4-12,18,22-23,30H,3,13-17H2,1-2H3,(H2,26,27,28). The van der Waals surface area contributed by atoms with Crippen LogP contribution in [0.1, 0.15) is 50.0 Å². The minimum Gasteiger partial charge on any atom is -0.386 e. The van der Waals surface area contributed by atoms with E-state index in [0.717, 1.165) is 32.5 Å². The van der Waals surface area contributed by atoms with Gasteiger partial charge in [-0.25, -0.2) is 4.39 Å². The highest BCUT2D eigenvalue weighted by Crippen LogP contribution is 2.24. The van der Waals surface area contributed by atoms with Gasteiger partial charge >= 0.3 is 0 Å². The van der Waals surface area contributed by atoms with Crippen LogP contribution in [0.15, 0.2) is 59.6 Å². The topological polar surface area (TPSA) is 59.9 Å². The predicted octanol–water partition coefficient (Wildman–Crippen LogP) is 3.64. The van der Waals surface area contributed by atoms with Crippen LogP contribution in [0.4, 0.5) is 4.39 Å². The molecule has 2 aromatic rings. The smallest absolute Gasteiger partial charge is 0.191 e. The number of aliphatic hydroxyl groups excluding tert-OH is 1. The molecule has 0 aliphatic carbocycles. The minimum atomic E-state index is -0.755. The van der Waals surface area contributed by atoms with E-state index < -0.39 is 6.10 Å². The summed E-state index contributed by atoms with van der Waals surface area (Å²) in [7, 11) is 0. The van der Waals surface area contributed by atoms with E-state index in [1.807, 2.05) is 6.92 Å². The third-order valence-electron chi connectivity index (χ3n) is 5.72. The number of hydrogen-bond acceptors (Lipinski definition) is 3. The van der Waals surface area contributed by atoms with E-state index in [2.05, 4.69) is 57.8 Å². The Bertz CT molecular complexity index is 789. The van der Waals surface area contributed by atoms with Gasteiger partial charge in [-0.05, 0) is 49.9 Å². The van der Waals surface area contributed by atoms with Crippen LogP contribution in [0.25, 0.3) is 0 Å². The van der Waals surface area contributed by atoms with Gasteiger partial charge in [0.1, 0.15) is 5.82 Å². The van der Waals surface area contributed by atoms with E-state index >= 15 is 0 Å². The van der Waals surface area contributed by atoms with Crippen LogP contribution in [-0.2, 0) is 0 Å². The average molecular weight is 413 g/mol. The first-order valence-electron chi connectivity index (χ1n) is 10.8. The van der Waals surface area contributed by atoms with Crippen LogP contribution in [0.3, 0.4) is 0 Å². The molecule has 1 fully saturated rings. The molecule has 1 saturated heterocycles. The lowest BCUT2D eigenvalue weighted by Gasteiger charge is -2.37. The molecule has 30 heavy (non-hydrogen) atoms. The molecule has 2 unspecified atom stereocenters. The molecule has 3 rings (SSSR count). The summed E-state index contributed by atoms with van der Waals surface area (Å²) in [5.41, 5.74) is 2.02. The summed E-state index contributed by atoms with van der Waals surface area (Å²) in [5.74, 6) is 0.408. The molecule has 0 bridgehead atoms. The van der Waals surface area contributed by atoms with Crippen LogP contribution in [0, 0.1) is 5.82 Å². The highest BCUT2D eigenvalue weighted by atomic mass is 19.1. The Labute approximate surface area is 179 Å². The second kappa shape index (κ2) is 11.1. The summed E-state index contributed by atoms with van der Waals surface area (Å²) in [4.78, 5) is 7.07. The van der Waals surface area contributed by atoms with Crippen molar-refractivity contribution in [3.8, 4) is 0 Å². The maximum atomic E-state index is 13.1. The van der Waals surface area contributed by atoms with Crippen molar-refractivity contribution in [2.24, 2.45) is 4.99 Å². The molecule has 2 aromatic carbocycles. The Morgan fingerprint density at radius 2 is 1.77 bits per heavy atom. The zero-order chi connectivity index (χ0) is 21.3. The molecule has 162 valence electrons. The van der Waals surface area contributed by atoms with Gasteiger partial charge in [0.05, 0.1) is 12.6 Å². The van der Waals surface area contributed by atoms with Crippen molar-refractivity contribution in [3.63, 3.8) is 0 Å². The number of piperidine rings is 1. The van der Waals surface area contributed by atoms with E-state index in [0.29, 0.717) is 23.6 Å². The number of halogens is 1. The first-order chi connectivity index (χ1) is 14.6. The van der Waals surface area contributed by atoms with Crippen molar-refractivity contribution in [3.05, 3.63) is 71.5 Å². The summed E-state index contributed by atoms with van der Waals surface area (Å²) in [6.45, 7) is 7.34. The lowest BCUT2D eigenvalue weighted by molar-refractivity contribution is 0.158. The second-order valence-electron chi connectivity index (χ2n) is 7.83. The van der Waals surface area contributed by atoms with Gasteiger partial charge in [-0.1, -0.05) is 42.5 Å². The Morgan fingerprint density at radius 3 is 2.40 bits per heavy atom. The molecule has 0 aromatic heterocycles. The molecule has 2 atom stereocenters. The van der Waals surface area contributed by atoms with Crippen LogP contribution < -0.4 is 10.6 Å². The van der Waals surface area contributed by atoms with Crippen molar-refractivity contribution in [2.75, 3.05) is 26.2 Å². The van der Waals surface area contributed by atoms with Crippen molar-refractivity contribution in [2.45, 2.75) is 44.9 Å². The van der Waals surface area contributed by atoms with Gasteiger partial charge in [0.15, 0.2) is 5.96 Å². The second-order valence-corrected chi connectivity index (χ2v) is 7.83. The van der Waals surface area contributed by atoms with Crippen molar-refractivity contribution in [1.82, 2.24) is 15.5 Å². The molecular formula is C24H33FN4O. The van der Waals surface area contributed by atoms with Crippen LogP contribution in [-0.4, -0.2) is 48.2 Å². The first kappa shape index (κ1) is 22.2. The van der Waals surface area contributed by atoms with Gasteiger partial charge in [-0.15, -0.1) is 0 Å². The van der Waals surface area contributed by atoms with Gasteiger partial charge in [0.25, 0.3) is 0 Å². The zero-order valence-corrected chi connectivity index (χ0v) is 17.9. The van der Waals surface area contributed by atoms with E-state index in [-0.39, 0.29) is 12.4 Å². The quantitative estimate of drug-likeness (QED) is 0.480. The number of aliphatic hydroxyl groups is 1. The van der Waals surface area contributed by atoms with E-state index in [1.54, 1.807) is 12.1 Å². The molecule has 1 heterocycles. The Kier molecular flexibility index (Phi) is 8.22. The number of nitrogens with one attached hydrogen (secondary N) is 2. The third-order valence-corrected chi connectivity index (χ3v) is 5.72. The van der Waals surface area contributed by atoms with Gasteiger partial charge in [0.2, 0.25) is 0 Å². The van der Waals surface area contributed by atoms with Crippen LogP contribution in [0.5, 0.6) is 0 Å². The van der Waals surface area contributed by atoms with Crippen molar-refractivity contribution in [1.29, 1.82) is 0 Å². The molecule has 6 heteroatoms. The monoisotopic (exact) mass is 412 g/mol. The fourth-order valence-electron chi connectivity index (χ4n) is 3.85. The summed E-state index contributed by atoms with van der Waals surface area (Å²) in [5, 5.41) is 17.1. The fraction of sp³-hybridized carbons (Fsp3) is 0.458. The SMILES string of the molecule is CCNC(=NCC(O)c1ccc(F)cc1)NC1CCN(C(C)c2ccccc2)CC1. The lowest BCUT2D eigenvalue weighted by Crippen LogP contribution is -2.49. The Hall–Kier alpha value is -2.44. The van der Waals surface area contributed by atoms with Gasteiger partial charge in [0, 0.05) is 31.7 Å². The Morgan fingerprint density at radius 1 is 1.10 bits per heavy atom. The first-order valence-corrected chi connectivity index (χ1v) is 10.8. The lowest BCUT2D eigenvalue weighted by atomic mass is 10.0. The van der Waals surface area contributed by atoms with Crippen LogP contribution in [0.2, 0.25) is 0 Å². The molecule has 1 aliphatic rings. The van der Waals surface area contributed by atoms with Crippen molar-refractivity contribution < 1.29 is 9.50 Å². The molecule has 3 N–H and O–H groups in total. The molecule has 0 amide bonds. The normalized spacial score (nSPS) is 18.1. The predicted molar refractivity (Wildman–Crippen MR) is 120 cm³/mol. The molecular weight excluding hydrogens is 379 g/mol. The van der Waals surface area contributed by atoms with Gasteiger partial charge in [-0.2, -0.15) is 0 Å².